The van der Waals surface area contributed by atoms with E-state index in [1.165, 1.54) is 10.8 Å². The van der Waals surface area contributed by atoms with E-state index in [9.17, 15) is 5.26 Å². The Morgan fingerprint density at radius 1 is 0.475 bits per heavy atom. The lowest BCUT2D eigenvalue weighted by molar-refractivity contribution is 0.994. The summed E-state index contributed by atoms with van der Waals surface area (Å²) >= 11 is 0. The van der Waals surface area contributed by atoms with Crippen LogP contribution in [0.5, 0.6) is 0 Å². The van der Waals surface area contributed by atoms with Gasteiger partial charge in [0.25, 0.3) is 0 Å². The summed E-state index contributed by atoms with van der Waals surface area (Å²) in [4.78, 5) is 10.3. The van der Waals surface area contributed by atoms with E-state index in [2.05, 4.69) is 81.9 Å². The minimum atomic E-state index is 0.633. The molecule has 3 aromatic heterocycles. The molecule has 0 fully saturated rings. The first-order valence-electron chi connectivity index (χ1n) is 13.2. The van der Waals surface area contributed by atoms with Crippen molar-refractivity contribution >= 4 is 43.6 Å². The smallest absolute Gasteiger partial charge is 0.163 e. The van der Waals surface area contributed by atoms with Crippen LogP contribution in [0.15, 0.2) is 127 Å². The van der Waals surface area contributed by atoms with Crippen molar-refractivity contribution in [3.8, 4) is 29.1 Å². The maximum absolute atomic E-state index is 9.59. The van der Waals surface area contributed by atoms with Gasteiger partial charge in [-0.1, -0.05) is 84.9 Å². The van der Waals surface area contributed by atoms with Crippen LogP contribution in [0.3, 0.4) is 0 Å². The van der Waals surface area contributed by atoms with E-state index in [0.717, 1.165) is 50.0 Å². The molecule has 0 N–H and O–H groups in total. The standard InChI is InChI=1S/C35H21N5/c36-22-23-18-19-32-28(20-23)27-14-6-9-17-31(27)40(32)34-21-33(37-35(38-34)24-10-2-1-3-11-24)39-29-15-7-4-12-25(29)26-13-5-8-16-30(26)39/h1-21H. The Hall–Kier alpha value is -5.73. The van der Waals surface area contributed by atoms with Crippen LogP contribution >= 0.6 is 0 Å². The summed E-state index contributed by atoms with van der Waals surface area (Å²) in [7, 11) is 0. The molecule has 186 valence electrons. The Labute approximate surface area is 229 Å². The van der Waals surface area contributed by atoms with Gasteiger partial charge in [-0.2, -0.15) is 5.26 Å². The Morgan fingerprint density at radius 2 is 0.950 bits per heavy atom. The first kappa shape index (κ1) is 22.3. The first-order valence-corrected chi connectivity index (χ1v) is 13.2. The third kappa shape index (κ3) is 3.27. The highest BCUT2D eigenvalue weighted by Gasteiger charge is 2.19. The van der Waals surface area contributed by atoms with Crippen LogP contribution in [0.25, 0.3) is 66.6 Å². The van der Waals surface area contributed by atoms with Gasteiger partial charge in [-0.05, 0) is 36.4 Å². The highest BCUT2D eigenvalue weighted by atomic mass is 15.1. The molecule has 0 saturated carbocycles. The van der Waals surface area contributed by atoms with Gasteiger partial charge in [0.2, 0.25) is 0 Å². The van der Waals surface area contributed by atoms with Gasteiger partial charge in [-0.3, -0.25) is 9.13 Å². The second-order valence-electron chi connectivity index (χ2n) is 9.84. The summed E-state index contributed by atoms with van der Waals surface area (Å²) in [5.41, 5.74) is 5.78. The quantitative estimate of drug-likeness (QED) is 0.240. The number of nitriles is 1. The number of aromatic nitrogens is 4. The summed E-state index contributed by atoms with van der Waals surface area (Å²) in [6.45, 7) is 0. The van der Waals surface area contributed by atoms with Crippen molar-refractivity contribution in [2.75, 3.05) is 0 Å². The predicted octanol–water partition coefficient (Wildman–Crippen LogP) is 8.21. The predicted molar refractivity (Wildman–Crippen MR) is 161 cm³/mol. The second kappa shape index (κ2) is 8.65. The van der Waals surface area contributed by atoms with E-state index in [0.29, 0.717) is 11.4 Å². The monoisotopic (exact) mass is 511 g/mol. The summed E-state index contributed by atoms with van der Waals surface area (Å²) in [6.07, 6.45) is 0. The Balaban J connectivity index is 1.50. The van der Waals surface area contributed by atoms with Gasteiger partial charge in [-0.15, -0.1) is 0 Å². The van der Waals surface area contributed by atoms with Crippen molar-refractivity contribution in [3.63, 3.8) is 0 Å². The number of para-hydroxylation sites is 3. The van der Waals surface area contributed by atoms with Crippen molar-refractivity contribution < 1.29 is 0 Å². The molecule has 0 radical (unpaired) electrons. The number of benzene rings is 5. The van der Waals surface area contributed by atoms with Gasteiger partial charge in [0.05, 0.1) is 33.7 Å². The molecule has 0 unspecified atom stereocenters. The van der Waals surface area contributed by atoms with E-state index in [4.69, 9.17) is 9.97 Å². The molecule has 5 aromatic carbocycles. The topological polar surface area (TPSA) is 59.4 Å². The molecule has 0 aliphatic carbocycles. The van der Waals surface area contributed by atoms with Crippen molar-refractivity contribution in [1.29, 1.82) is 5.26 Å². The zero-order valence-electron chi connectivity index (χ0n) is 21.4. The molecule has 3 heterocycles. The number of fused-ring (bicyclic) bond motifs is 6. The van der Waals surface area contributed by atoms with Crippen LogP contribution in [0, 0.1) is 11.3 Å². The van der Waals surface area contributed by atoms with E-state index in [1.54, 1.807) is 0 Å². The highest BCUT2D eigenvalue weighted by Crippen LogP contribution is 2.35. The molecule has 8 aromatic rings. The minimum absolute atomic E-state index is 0.633. The van der Waals surface area contributed by atoms with Crippen LogP contribution in [0.2, 0.25) is 0 Å². The molecule has 5 nitrogen and oxygen atoms in total. The molecule has 0 amide bonds. The van der Waals surface area contributed by atoms with E-state index >= 15 is 0 Å². The van der Waals surface area contributed by atoms with Gasteiger partial charge in [0, 0.05) is 33.2 Å². The third-order valence-corrected chi connectivity index (χ3v) is 7.57. The first-order chi connectivity index (χ1) is 19.8. The summed E-state index contributed by atoms with van der Waals surface area (Å²) in [6, 6.07) is 45.5. The zero-order valence-corrected chi connectivity index (χ0v) is 21.4. The van der Waals surface area contributed by atoms with Gasteiger partial charge >= 0.3 is 0 Å². The SMILES string of the molecule is N#Cc1ccc2c(c1)c1ccccc1n2-c1cc(-n2c3ccccc3c3ccccc32)nc(-c2ccccc2)n1. The molecular formula is C35H21N5. The number of nitrogens with zero attached hydrogens (tertiary/aromatic N) is 5. The lowest BCUT2D eigenvalue weighted by atomic mass is 10.1. The number of hydrogen-bond donors (Lipinski definition) is 0. The Bertz CT molecular complexity index is 2230. The van der Waals surface area contributed by atoms with Crippen molar-refractivity contribution in [2.24, 2.45) is 0 Å². The lowest BCUT2D eigenvalue weighted by Gasteiger charge is -2.14. The highest BCUT2D eigenvalue weighted by molar-refractivity contribution is 6.10. The molecule has 0 spiro atoms. The minimum Gasteiger partial charge on any atom is -0.294 e. The van der Waals surface area contributed by atoms with E-state index < -0.39 is 0 Å². The van der Waals surface area contributed by atoms with Crippen LogP contribution in [-0.4, -0.2) is 19.1 Å². The molecular weight excluding hydrogens is 490 g/mol. The van der Waals surface area contributed by atoms with Gasteiger partial charge in [0.15, 0.2) is 5.82 Å². The molecule has 0 saturated heterocycles. The normalized spacial score (nSPS) is 11.5. The maximum atomic E-state index is 9.59. The van der Waals surface area contributed by atoms with E-state index in [-0.39, 0.29) is 0 Å². The van der Waals surface area contributed by atoms with Gasteiger partial charge in [0.1, 0.15) is 11.6 Å². The fraction of sp³-hybridized carbons (Fsp3) is 0. The van der Waals surface area contributed by atoms with Gasteiger partial charge in [-0.25, -0.2) is 9.97 Å². The average Bonchev–Trinajstić information content (AvgIpc) is 3.54. The summed E-state index contributed by atoms with van der Waals surface area (Å²) in [5.74, 6) is 2.21. The Kier molecular flexibility index (Phi) is 4.82. The number of hydrogen-bond acceptors (Lipinski definition) is 3. The molecule has 0 aliphatic heterocycles. The molecule has 0 bridgehead atoms. The zero-order chi connectivity index (χ0) is 26.6. The average molecular weight is 512 g/mol. The van der Waals surface area contributed by atoms with Crippen LogP contribution in [0.4, 0.5) is 0 Å². The summed E-state index contributed by atoms with van der Waals surface area (Å²) in [5, 5.41) is 14.1. The van der Waals surface area contributed by atoms with Crippen LogP contribution < -0.4 is 0 Å². The van der Waals surface area contributed by atoms with Crippen molar-refractivity contribution in [1.82, 2.24) is 19.1 Å². The third-order valence-electron chi connectivity index (χ3n) is 7.57. The van der Waals surface area contributed by atoms with Crippen molar-refractivity contribution in [3.05, 3.63) is 133 Å². The van der Waals surface area contributed by atoms with Crippen LogP contribution in [-0.2, 0) is 0 Å². The molecule has 0 atom stereocenters. The second-order valence-corrected chi connectivity index (χ2v) is 9.84. The van der Waals surface area contributed by atoms with E-state index in [1.807, 2.05) is 60.7 Å². The maximum Gasteiger partial charge on any atom is 0.163 e. The largest absolute Gasteiger partial charge is 0.294 e. The molecule has 5 heteroatoms. The van der Waals surface area contributed by atoms with Gasteiger partial charge < -0.3 is 0 Å². The Morgan fingerprint density at radius 3 is 1.50 bits per heavy atom. The molecule has 8 rings (SSSR count). The molecule has 0 aliphatic rings. The number of rotatable bonds is 3. The fourth-order valence-corrected chi connectivity index (χ4v) is 5.83. The fourth-order valence-electron chi connectivity index (χ4n) is 5.83. The molecule has 40 heavy (non-hydrogen) atoms. The summed E-state index contributed by atoms with van der Waals surface area (Å²) < 4.78 is 4.40. The van der Waals surface area contributed by atoms with Crippen LogP contribution in [0.1, 0.15) is 5.56 Å². The van der Waals surface area contributed by atoms with Crippen molar-refractivity contribution in [2.45, 2.75) is 0 Å². The lowest BCUT2D eigenvalue weighted by Crippen LogP contribution is -2.06.